The van der Waals surface area contributed by atoms with Crippen molar-refractivity contribution in [2.24, 2.45) is 0 Å². The molecule has 98 valence electrons. The fraction of sp³-hybridized carbons (Fsp3) is 0.455. The standard InChI is InChI=1S/C11H11BrClNO4/c1-17-11-7(12)5-10(11)18-6-2-3-9(14(15)16)8(13)4-6/h2-4,7,10-11H,5H2,1H3. The molecule has 0 bridgehead atoms. The Bertz CT molecular complexity index is 470. The minimum Gasteiger partial charge on any atom is -0.488 e. The van der Waals surface area contributed by atoms with Gasteiger partial charge in [0.2, 0.25) is 0 Å². The average Bonchev–Trinajstić information content (AvgIpc) is 2.28. The fourth-order valence-corrected chi connectivity index (χ4v) is 2.99. The van der Waals surface area contributed by atoms with Crippen molar-refractivity contribution in [3.63, 3.8) is 0 Å². The van der Waals surface area contributed by atoms with Crippen molar-refractivity contribution in [3.8, 4) is 5.75 Å². The molecule has 1 aliphatic rings. The van der Waals surface area contributed by atoms with E-state index in [4.69, 9.17) is 21.1 Å². The molecule has 0 spiro atoms. The lowest BCUT2D eigenvalue weighted by molar-refractivity contribution is -0.384. The first-order valence-corrected chi connectivity index (χ1v) is 6.59. The quantitative estimate of drug-likeness (QED) is 0.481. The zero-order valence-electron chi connectivity index (χ0n) is 9.51. The van der Waals surface area contributed by atoms with Gasteiger partial charge in [0.1, 0.15) is 23.0 Å². The lowest BCUT2D eigenvalue weighted by Crippen LogP contribution is -2.51. The van der Waals surface area contributed by atoms with Crippen LogP contribution in [-0.2, 0) is 4.74 Å². The molecule has 3 unspecified atom stereocenters. The zero-order chi connectivity index (χ0) is 13.3. The van der Waals surface area contributed by atoms with Crippen molar-refractivity contribution < 1.29 is 14.4 Å². The molecule has 1 saturated carbocycles. The van der Waals surface area contributed by atoms with Crippen LogP contribution in [0.3, 0.4) is 0 Å². The van der Waals surface area contributed by atoms with Crippen LogP contribution in [0.1, 0.15) is 6.42 Å². The van der Waals surface area contributed by atoms with E-state index in [2.05, 4.69) is 15.9 Å². The third-order valence-corrected chi connectivity index (χ3v) is 4.05. The maximum Gasteiger partial charge on any atom is 0.288 e. The number of hydrogen-bond acceptors (Lipinski definition) is 4. The Morgan fingerprint density at radius 3 is 2.78 bits per heavy atom. The molecule has 1 aromatic rings. The van der Waals surface area contributed by atoms with E-state index in [1.54, 1.807) is 7.11 Å². The lowest BCUT2D eigenvalue weighted by Gasteiger charge is -2.40. The number of rotatable bonds is 4. The van der Waals surface area contributed by atoms with E-state index < -0.39 is 4.92 Å². The highest BCUT2D eigenvalue weighted by atomic mass is 79.9. The second-order valence-corrected chi connectivity index (χ2v) is 5.56. The largest absolute Gasteiger partial charge is 0.488 e. The molecule has 1 aliphatic carbocycles. The summed E-state index contributed by atoms with van der Waals surface area (Å²) in [6.07, 6.45) is 0.753. The fourth-order valence-electron chi connectivity index (χ4n) is 1.83. The molecule has 18 heavy (non-hydrogen) atoms. The Morgan fingerprint density at radius 2 is 2.28 bits per heavy atom. The number of nitro groups is 1. The number of benzene rings is 1. The van der Waals surface area contributed by atoms with Crippen LogP contribution in [0.4, 0.5) is 5.69 Å². The monoisotopic (exact) mass is 335 g/mol. The van der Waals surface area contributed by atoms with Gasteiger partial charge in [-0.3, -0.25) is 10.1 Å². The first kappa shape index (κ1) is 13.6. The molecule has 0 N–H and O–H groups in total. The molecule has 0 amide bonds. The molecule has 0 heterocycles. The van der Waals surface area contributed by atoms with Crippen LogP contribution < -0.4 is 4.74 Å². The van der Waals surface area contributed by atoms with Gasteiger partial charge in [-0.2, -0.15) is 0 Å². The molecule has 0 radical (unpaired) electrons. The van der Waals surface area contributed by atoms with E-state index in [-0.39, 0.29) is 27.7 Å². The number of alkyl halides is 1. The van der Waals surface area contributed by atoms with E-state index in [1.165, 1.54) is 18.2 Å². The SMILES string of the molecule is COC1C(Br)CC1Oc1ccc([N+](=O)[O-])c(Cl)c1. The zero-order valence-corrected chi connectivity index (χ0v) is 11.8. The van der Waals surface area contributed by atoms with Gasteiger partial charge in [0, 0.05) is 30.5 Å². The summed E-state index contributed by atoms with van der Waals surface area (Å²) in [4.78, 5) is 10.4. The molecule has 5 nitrogen and oxygen atoms in total. The van der Waals surface area contributed by atoms with Crippen molar-refractivity contribution in [1.29, 1.82) is 0 Å². The lowest BCUT2D eigenvalue weighted by atomic mass is 9.91. The minimum absolute atomic E-state index is 0.0148. The first-order valence-electron chi connectivity index (χ1n) is 5.30. The Hall–Kier alpha value is -0.850. The van der Waals surface area contributed by atoms with Crippen LogP contribution in [0.15, 0.2) is 18.2 Å². The Morgan fingerprint density at radius 1 is 1.56 bits per heavy atom. The van der Waals surface area contributed by atoms with Crippen molar-refractivity contribution in [3.05, 3.63) is 33.3 Å². The van der Waals surface area contributed by atoms with Crippen LogP contribution in [-0.4, -0.2) is 29.1 Å². The molecule has 7 heteroatoms. The highest BCUT2D eigenvalue weighted by Gasteiger charge is 2.41. The van der Waals surface area contributed by atoms with Crippen LogP contribution in [0.2, 0.25) is 5.02 Å². The molecule has 0 aliphatic heterocycles. The normalized spacial score (nSPS) is 26.5. The number of halogens is 2. The maximum atomic E-state index is 10.6. The summed E-state index contributed by atoms with van der Waals surface area (Å²) in [5.41, 5.74) is -0.126. The Balaban J connectivity index is 2.07. The second kappa shape index (κ2) is 5.42. The van der Waals surface area contributed by atoms with Crippen LogP contribution in [0, 0.1) is 10.1 Å². The number of ether oxygens (including phenoxy) is 2. The van der Waals surface area contributed by atoms with E-state index in [0.29, 0.717) is 5.75 Å². The Labute approximate surface area is 117 Å². The molecule has 1 fully saturated rings. The minimum atomic E-state index is -0.526. The average molecular weight is 337 g/mol. The first-order chi connectivity index (χ1) is 8.52. The summed E-state index contributed by atoms with van der Waals surface area (Å²) in [6.45, 7) is 0. The molecular formula is C11H11BrClNO4. The van der Waals surface area contributed by atoms with Gasteiger partial charge < -0.3 is 9.47 Å². The maximum absolute atomic E-state index is 10.6. The van der Waals surface area contributed by atoms with Crippen molar-refractivity contribution in [2.75, 3.05) is 7.11 Å². The van der Waals surface area contributed by atoms with Gasteiger partial charge in [-0.05, 0) is 6.07 Å². The third kappa shape index (κ3) is 2.60. The number of nitro benzene ring substituents is 1. The molecule has 1 aromatic carbocycles. The van der Waals surface area contributed by atoms with Gasteiger partial charge in [0.15, 0.2) is 0 Å². The Kier molecular flexibility index (Phi) is 4.09. The molecule has 2 rings (SSSR count). The van der Waals surface area contributed by atoms with Gasteiger partial charge >= 0.3 is 0 Å². The predicted octanol–water partition coefficient (Wildman–Crippen LogP) is 3.18. The summed E-state index contributed by atoms with van der Waals surface area (Å²) in [6, 6.07) is 4.33. The van der Waals surface area contributed by atoms with Crippen LogP contribution >= 0.6 is 27.5 Å². The topological polar surface area (TPSA) is 61.6 Å². The second-order valence-electron chi connectivity index (χ2n) is 3.98. The van der Waals surface area contributed by atoms with Gasteiger partial charge in [0.25, 0.3) is 5.69 Å². The highest BCUT2D eigenvalue weighted by molar-refractivity contribution is 9.09. The van der Waals surface area contributed by atoms with Crippen molar-refractivity contribution in [1.82, 2.24) is 0 Å². The van der Waals surface area contributed by atoms with Crippen molar-refractivity contribution in [2.45, 2.75) is 23.5 Å². The van der Waals surface area contributed by atoms with Gasteiger partial charge in [0.05, 0.1) is 4.92 Å². The van der Waals surface area contributed by atoms with Crippen LogP contribution in [0.25, 0.3) is 0 Å². The van der Waals surface area contributed by atoms with Crippen LogP contribution in [0.5, 0.6) is 5.75 Å². The van der Waals surface area contributed by atoms with E-state index >= 15 is 0 Å². The smallest absolute Gasteiger partial charge is 0.288 e. The molecule has 0 saturated heterocycles. The molecule has 3 atom stereocenters. The summed E-state index contributed by atoms with van der Waals surface area (Å²) in [5, 5.41) is 10.7. The summed E-state index contributed by atoms with van der Waals surface area (Å²) < 4.78 is 10.9. The summed E-state index contributed by atoms with van der Waals surface area (Å²) >= 11 is 9.27. The number of methoxy groups -OCH3 is 1. The third-order valence-electron chi connectivity index (χ3n) is 2.86. The van der Waals surface area contributed by atoms with E-state index in [1.807, 2.05) is 0 Å². The predicted molar refractivity (Wildman–Crippen MR) is 70.7 cm³/mol. The molecular weight excluding hydrogens is 325 g/mol. The summed E-state index contributed by atoms with van der Waals surface area (Å²) in [7, 11) is 1.62. The van der Waals surface area contributed by atoms with Gasteiger partial charge in [-0.1, -0.05) is 27.5 Å². The van der Waals surface area contributed by atoms with Crippen molar-refractivity contribution >= 4 is 33.2 Å². The highest BCUT2D eigenvalue weighted by Crippen LogP contribution is 2.35. The summed E-state index contributed by atoms with van der Waals surface area (Å²) in [5.74, 6) is 0.511. The van der Waals surface area contributed by atoms with Gasteiger partial charge in [-0.25, -0.2) is 0 Å². The number of hydrogen-bond donors (Lipinski definition) is 0. The van der Waals surface area contributed by atoms with Gasteiger partial charge in [-0.15, -0.1) is 0 Å². The van der Waals surface area contributed by atoms with E-state index in [0.717, 1.165) is 6.42 Å². The number of nitrogens with zero attached hydrogens (tertiary/aromatic N) is 1. The molecule has 0 aromatic heterocycles. The van der Waals surface area contributed by atoms with E-state index in [9.17, 15) is 10.1 Å².